The lowest BCUT2D eigenvalue weighted by Gasteiger charge is -2.30. The predicted molar refractivity (Wildman–Crippen MR) is 145 cm³/mol. The molecular formula is C25H31N3O5S3. The number of rotatable bonds is 8. The quantitative estimate of drug-likeness (QED) is 0.423. The summed E-state index contributed by atoms with van der Waals surface area (Å²) >= 11 is 3.13. The number of thiazole rings is 1. The maximum Gasteiger partial charge on any atom is 0.252 e. The molecule has 1 atom stereocenters. The number of benzene rings is 2. The van der Waals surface area contributed by atoms with Gasteiger partial charge >= 0.3 is 0 Å². The van der Waals surface area contributed by atoms with Crippen molar-refractivity contribution in [1.29, 1.82) is 0 Å². The summed E-state index contributed by atoms with van der Waals surface area (Å²) < 4.78 is 41.7. The molecule has 4 rings (SSSR count). The number of methoxy groups -OCH3 is 2. The fraction of sp³-hybridized carbons (Fsp3) is 0.440. The molecule has 1 fully saturated rings. The summed E-state index contributed by atoms with van der Waals surface area (Å²) in [6, 6.07) is 10.6. The molecule has 1 amide bonds. The Morgan fingerprint density at radius 2 is 1.86 bits per heavy atom. The fourth-order valence-electron chi connectivity index (χ4n) is 4.29. The Bertz CT molecular complexity index is 1410. The standard InChI is InChI=1S/C25H31N3O5S3/c1-17-7-9-19(10-8-17)36(30,31)27-11-5-6-18(16-27)24(29)26-25-28(12-13-34-4)20-14-21(32-2)22(33-3)15-23(20)35-25/h7-10,14-15,18H,5-6,11-13,16H2,1-4H3. The van der Waals surface area contributed by atoms with Gasteiger partial charge in [0.2, 0.25) is 10.0 Å². The molecule has 1 aliphatic rings. The van der Waals surface area contributed by atoms with Crippen molar-refractivity contribution in [2.75, 3.05) is 39.3 Å². The molecule has 1 saturated heterocycles. The summed E-state index contributed by atoms with van der Waals surface area (Å²) in [5, 5.41) is 0. The number of amides is 1. The van der Waals surface area contributed by atoms with E-state index in [0.717, 1.165) is 21.5 Å². The zero-order valence-electron chi connectivity index (χ0n) is 20.9. The van der Waals surface area contributed by atoms with Gasteiger partial charge in [0.25, 0.3) is 5.91 Å². The molecule has 36 heavy (non-hydrogen) atoms. The summed E-state index contributed by atoms with van der Waals surface area (Å²) in [7, 11) is -0.483. The van der Waals surface area contributed by atoms with Gasteiger partial charge in [-0.1, -0.05) is 29.0 Å². The van der Waals surface area contributed by atoms with Crippen molar-refractivity contribution >= 4 is 49.2 Å². The van der Waals surface area contributed by atoms with Crippen LogP contribution in [0.3, 0.4) is 0 Å². The van der Waals surface area contributed by atoms with E-state index in [1.807, 2.05) is 29.9 Å². The lowest BCUT2D eigenvalue weighted by atomic mass is 9.99. The molecule has 3 aromatic rings. The first-order valence-corrected chi connectivity index (χ1v) is 15.3. The summed E-state index contributed by atoms with van der Waals surface area (Å²) in [6.45, 7) is 3.13. The molecule has 0 saturated carbocycles. The minimum absolute atomic E-state index is 0.135. The minimum Gasteiger partial charge on any atom is -0.493 e. The van der Waals surface area contributed by atoms with Gasteiger partial charge in [-0.25, -0.2) is 8.42 Å². The second-order valence-electron chi connectivity index (χ2n) is 8.67. The average Bonchev–Trinajstić information content (AvgIpc) is 3.22. The highest BCUT2D eigenvalue weighted by Gasteiger charge is 2.33. The van der Waals surface area contributed by atoms with Crippen molar-refractivity contribution in [2.45, 2.75) is 31.2 Å². The molecule has 1 aromatic heterocycles. The Morgan fingerprint density at radius 1 is 1.17 bits per heavy atom. The summed E-state index contributed by atoms with van der Waals surface area (Å²) in [5.74, 6) is 1.31. The number of aryl methyl sites for hydroxylation is 2. The van der Waals surface area contributed by atoms with Gasteiger partial charge < -0.3 is 14.0 Å². The van der Waals surface area contributed by atoms with Crippen LogP contribution in [0.15, 0.2) is 46.3 Å². The Hall–Kier alpha value is -2.34. The number of fused-ring (bicyclic) bond motifs is 1. The van der Waals surface area contributed by atoms with Crippen molar-refractivity contribution in [2.24, 2.45) is 10.9 Å². The highest BCUT2D eigenvalue weighted by molar-refractivity contribution is 7.98. The SMILES string of the molecule is COc1cc2sc(=NC(=O)C3CCCN(S(=O)(=O)c4ccc(C)cc4)C3)n(CCSC)c2cc1OC. The van der Waals surface area contributed by atoms with E-state index in [1.54, 1.807) is 50.2 Å². The molecule has 1 aliphatic heterocycles. The normalized spacial score (nSPS) is 17.4. The molecule has 0 N–H and O–H groups in total. The number of aromatic nitrogens is 1. The first-order chi connectivity index (χ1) is 17.3. The Labute approximate surface area is 220 Å². The van der Waals surface area contributed by atoms with Gasteiger partial charge in [0.15, 0.2) is 16.3 Å². The van der Waals surface area contributed by atoms with Crippen molar-refractivity contribution in [3.63, 3.8) is 0 Å². The molecule has 0 bridgehead atoms. The largest absolute Gasteiger partial charge is 0.493 e. The van der Waals surface area contributed by atoms with Gasteiger partial charge in [0.1, 0.15) is 0 Å². The van der Waals surface area contributed by atoms with E-state index < -0.39 is 15.9 Å². The van der Waals surface area contributed by atoms with Crippen LogP contribution in [0, 0.1) is 12.8 Å². The van der Waals surface area contributed by atoms with Crippen molar-refractivity contribution in [3.8, 4) is 11.5 Å². The van der Waals surface area contributed by atoms with Crippen LogP contribution in [-0.2, 0) is 21.4 Å². The summed E-state index contributed by atoms with van der Waals surface area (Å²) in [5.41, 5.74) is 1.92. The van der Waals surface area contributed by atoms with Crippen LogP contribution in [0.2, 0.25) is 0 Å². The third-order valence-electron chi connectivity index (χ3n) is 6.31. The van der Waals surface area contributed by atoms with Crippen LogP contribution >= 0.6 is 23.1 Å². The van der Waals surface area contributed by atoms with Crippen LogP contribution in [-0.4, -0.2) is 62.5 Å². The number of piperidine rings is 1. The highest BCUT2D eigenvalue weighted by atomic mass is 32.2. The van der Waals surface area contributed by atoms with Gasteiger partial charge in [-0.15, -0.1) is 0 Å². The molecular weight excluding hydrogens is 518 g/mol. The van der Waals surface area contributed by atoms with Crippen molar-refractivity contribution in [3.05, 3.63) is 46.8 Å². The van der Waals surface area contributed by atoms with Gasteiger partial charge in [-0.3, -0.25) is 4.79 Å². The summed E-state index contributed by atoms with van der Waals surface area (Å²) in [4.78, 5) is 18.7. The van der Waals surface area contributed by atoms with Gasteiger partial charge in [0.05, 0.1) is 35.2 Å². The molecule has 11 heteroatoms. The molecule has 1 unspecified atom stereocenters. The highest BCUT2D eigenvalue weighted by Crippen LogP contribution is 2.33. The van der Waals surface area contributed by atoms with Gasteiger partial charge in [-0.05, 0) is 38.2 Å². The maximum atomic E-state index is 13.3. The van der Waals surface area contributed by atoms with Crippen LogP contribution in [0.1, 0.15) is 18.4 Å². The molecule has 8 nitrogen and oxygen atoms in total. The number of carbonyl (C=O) groups is 1. The minimum atomic E-state index is -3.67. The monoisotopic (exact) mass is 549 g/mol. The van der Waals surface area contributed by atoms with E-state index in [-0.39, 0.29) is 17.3 Å². The number of carbonyl (C=O) groups excluding carboxylic acids is 1. The third-order valence-corrected chi connectivity index (χ3v) is 9.82. The Morgan fingerprint density at radius 3 is 2.53 bits per heavy atom. The topological polar surface area (TPSA) is 90.2 Å². The van der Waals surface area contributed by atoms with E-state index in [4.69, 9.17) is 9.47 Å². The van der Waals surface area contributed by atoms with Crippen molar-refractivity contribution in [1.82, 2.24) is 8.87 Å². The zero-order valence-corrected chi connectivity index (χ0v) is 23.3. The zero-order chi connectivity index (χ0) is 25.9. The van der Waals surface area contributed by atoms with Gasteiger partial charge in [0, 0.05) is 37.5 Å². The second-order valence-corrected chi connectivity index (χ2v) is 12.6. The Kier molecular flexibility index (Phi) is 8.44. The van der Waals surface area contributed by atoms with Crippen LogP contribution in [0.4, 0.5) is 0 Å². The third kappa shape index (κ3) is 5.49. The smallest absolute Gasteiger partial charge is 0.252 e. The van der Waals surface area contributed by atoms with E-state index in [2.05, 4.69) is 4.99 Å². The van der Waals surface area contributed by atoms with Crippen LogP contribution < -0.4 is 14.3 Å². The average molecular weight is 550 g/mol. The lowest BCUT2D eigenvalue weighted by molar-refractivity contribution is -0.122. The number of thioether (sulfide) groups is 1. The first-order valence-electron chi connectivity index (χ1n) is 11.7. The molecule has 0 radical (unpaired) electrons. The number of nitrogens with zero attached hydrogens (tertiary/aromatic N) is 3. The number of sulfonamides is 1. The fourth-order valence-corrected chi connectivity index (χ4v) is 7.25. The summed E-state index contributed by atoms with van der Waals surface area (Å²) in [6.07, 6.45) is 3.26. The van der Waals surface area contributed by atoms with E-state index >= 15 is 0 Å². The molecule has 194 valence electrons. The van der Waals surface area contributed by atoms with E-state index in [9.17, 15) is 13.2 Å². The molecule has 2 aromatic carbocycles. The lowest BCUT2D eigenvalue weighted by Crippen LogP contribution is -2.42. The number of hydrogen-bond donors (Lipinski definition) is 0. The predicted octanol–water partition coefficient (Wildman–Crippen LogP) is 3.92. The number of hydrogen-bond acceptors (Lipinski definition) is 7. The van der Waals surface area contributed by atoms with Crippen LogP contribution in [0.25, 0.3) is 10.2 Å². The van der Waals surface area contributed by atoms with E-state index in [0.29, 0.717) is 42.2 Å². The maximum absolute atomic E-state index is 13.3. The number of ether oxygens (including phenoxy) is 2. The Balaban J connectivity index is 1.66. The van der Waals surface area contributed by atoms with Crippen LogP contribution in [0.5, 0.6) is 11.5 Å². The van der Waals surface area contributed by atoms with Gasteiger partial charge in [-0.2, -0.15) is 21.1 Å². The van der Waals surface area contributed by atoms with Crippen molar-refractivity contribution < 1.29 is 22.7 Å². The second kappa shape index (κ2) is 11.4. The molecule has 0 spiro atoms. The molecule has 2 heterocycles. The van der Waals surface area contributed by atoms with E-state index in [1.165, 1.54) is 15.6 Å². The molecule has 0 aliphatic carbocycles. The first kappa shape index (κ1) is 26.7.